The second-order valence-corrected chi connectivity index (χ2v) is 7.91. The average Bonchev–Trinajstić information content (AvgIpc) is 2.81. The Kier molecular flexibility index (Phi) is 10.2. The van der Waals surface area contributed by atoms with Gasteiger partial charge in [0.25, 0.3) is 5.91 Å². The Morgan fingerprint density at radius 2 is 1.90 bits per heavy atom. The molecule has 2 rings (SSSR count). The lowest BCUT2D eigenvalue weighted by atomic mass is 10.1. The summed E-state index contributed by atoms with van der Waals surface area (Å²) < 4.78 is 5.26. The van der Waals surface area contributed by atoms with Crippen LogP contribution in [0.15, 0.2) is 42.6 Å². The summed E-state index contributed by atoms with van der Waals surface area (Å²) in [5, 5.41) is 5.77. The van der Waals surface area contributed by atoms with Crippen LogP contribution < -0.4 is 20.3 Å². The molecule has 0 saturated heterocycles. The van der Waals surface area contributed by atoms with Crippen molar-refractivity contribution < 1.29 is 14.3 Å². The molecule has 8 heteroatoms. The molecular weight excluding hydrogens is 412 g/mol. The van der Waals surface area contributed by atoms with E-state index in [9.17, 15) is 9.59 Å². The van der Waals surface area contributed by atoms with E-state index in [-0.39, 0.29) is 11.8 Å². The fourth-order valence-electron chi connectivity index (χ4n) is 3.14. The molecule has 0 aliphatic carbocycles. The number of benzene rings is 1. The second kappa shape index (κ2) is 12.8. The summed E-state index contributed by atoms with van der Waals surface area (Å²) in [6, 6.07) is 10.3. The number of hydrogen-bond acceptors (Lipinski definition) is 6. The molecule has 2 aromatic rings. The van der Waals surface area contributed by atoms with Crippen LogP contribution >= 0.6 is 11.8 Å². The van der Waals surface area contributed by atoms with Crippen molar-refractivity contribution in [1.29, 1.82) is 0 Å². The minimum Gasteiger partial charge on any atom is -0.496 e. The van der Waals surface area contributed by atoms with E-state index in [4.69, 9.17) is 4.74 Å². The maximum Gasteiger partial charge on any atom is 0.255 e. The maximum atomic E-state index is 12.8. The first-order chi connectivity index (χ1) is 15.0. The Balaban J connectivity index is 2.01. The quantitative estimate of drug-likeness (QED) is 0.523. The summed E-state index contributed by atoms with van der Waals surface area (Å²) in [6.45, 7) is 6.32. The molecule has 168 valence electrons. The smallest absolute Gasteiger partial charge is 0.255 e. The zero-order valence-corrected chi connectivity index (χ0v) is 19.5. The van der Waals surface area contributed by atoms with Gasteiger partial charge in [0.1, 0.15) is 17.6 Å². The molecule has 0 aliphatic rings. The highest BCUT2D eigenvalue weighted by molar-refractivity contribution is 7.98. The number of para-hydroxylation sites is 1. The van der Waals surface area contributed by atoms with E-state index >= 15 is 0 Å². The van der Waals surface area contributed by atoms with Gasteiger partial charge in [-0.3, -0.25) is 9.59 Å². The molecule has 1 aromatic carbocycles. The van der Waals surface area contributed by atoms with Crippen molar-refractivity contribution in [2.75, 3.05) is 37.1 Å². The van der Waals surface area contributed by atoms with Gasteiger partial charge in [-0.25, -0.2) is 4.98 Å². The number of amides is 2. The predicted octanol–water partition coefficient (Wildman–Crippen LogP) is 3.10. The number of ether oxygens (including phenoxy) is 1. The van der Waals surface area contributed by atoms with Crippen LogP contribution in [0.25, 0.3) is 0 Å². The van der Waals surface area contributed by atoms with E-state index in [1.165, 1.54) is 7.11 Å². The number of carbonyl (C=O) groups excluding carboxylic acids is 2. The average molecular weight is 445 g/mol. The minimum absolute atomic E-state index is 0.217. The van der Waals surface area contributed by atoms with Crippen molar-refractivity contribution in [2.24, 2.45) is 0 Å². The lowest BCUT2D eigenvalue weighted by molar-refractivity contribution is -0.123. The third-order valence-electron chi connectivity index (χ3n) is 4.95. The van der Waals surface area contributed by atoms with Crippen molar-refractivity contribution in [3.05, 3.63) is 53.7 Å². The molecule has 0 bridgehead atoms. The monoisotopic (exact) mass is 444 g/mol. The molecule has 1 atom stereocenters. The minimum atomic E-state index is -0.632. The molecule has 31 heavy (non-hydrogen) atoms. The molecule has 0 saturated carbocycles. The molecule has 1 aromatic heterocycles. The number of nitrogens with one attached hydrogen (secondary N) is 2. The molecule has 0 radical (unpaired) electrons. The van der Waals surface area contributed by atoms with Crippen molar-refractivity contribution in [1.82, 2.24) is 15.6 Å². The Bertz CT molecular complexity index is 841. The predicted molar refractivity (Wildman–Crippen MR) is 127 cm³/mol. The molecule has 0 fully saturated rings. The van der Waals surface area contributed by atoms with E-state index in [1.54, 1.807) is 42.2 Å². The van der Waals surface area contributed by atoms with Crippen LogP contribution in [0.1, 0.15) is 36.2 Å². The van der Waals surface area contributed by atoms with Crippen molar-refractivity contribution in [3.63, 3.8) is 0 Å². The van der Waals surface area contributed by atoms with Gasteiger partial charge in [-0.15, -0.1) is 0 Å². The summed E-state index contributed by atoms with van der Waals surface area (Å²) in [5.74, 6) is 1.60. The number of rotatable bonds is 12. The van der Waals surface area contributed by atoms with Crippen LogP contribution in [-0.2, 0) is 11.3 Å². The van der Waals surface area contributed by atoms with Crippen LogP contribution in [0.3, 0.4) is 0 Å². The maximum absolute atomic E-state index is 12.8. The summed E-state index contributed by atoms with van der Waals surface area (Å²) in [7, 11) is 1.52. The molecular formula is C23H32N4O3S. The van der Waals surface area contributed by atoms with Gasteiger partial charge >= 0.3 is 0 Å². The lowest BCUT2D eigenvalue weighted by Crippen LogP contribution is -2.47. The Morgan fingerprint density at radius 1 is 1.16 bits per heavy atom. The third kappa shape index (κ3) is 7.17. The normalized spacial score (nSPS) is 11.5. The Morgan fingerprint density at radius 3 is 2.52 bits per heavy atom. The Labute approximate surface area is 189 Å². The number of methoxy groups -OCH3 is 1. The highest BCUT2D eigenvalue weighted by Gasteiger charge is 2.22. The fourth-order valence-corrected chi connectivity index (χ4v) is 3.61. The van der Waals surface area contributed by atoms with Gasteiger partial charge in [-0.2, -0.15) is 11.8 Å². The van der Waals surface area contributed by atoms with Crippen molar-refractivity contribution >= 4 is 29.4 Å². The zero-order chi connectivity index (χ0) is 22.6. The first-order valence-corrected chi connectivity index (χ1v) is 11.8. The number of anilines is 1. The SMILES string of the molecule is CCN(CC)c1ccc(CNC(=O)C(CCSC)NC(=O)c2ccccc2OC)cn1. The number of hydrogen-bond donors (Lipinski definition) is 2. The molecule has 1 unspecified atom stereocenters. The van der Waals surface area contributed by atoms with Crippen molar-refractivity contribution in [3.8, 4) is 5.75 Å². The summed E-state index contributed by atoms with van der Waals surface area (Å²) >= 11 is 1.63. The van der Waals surface area contributed by atoms with Crippen LogP contribution in [0.2, 0.25) is 0 Å². The largest absolute Gasteiger partial charge is 0.496 e. The number of thioether (sulfide) groups is 1. The molecule has 1 heterocycles. The van der Waals surface area contributed by atoms with Gasteiger partial charge in [-0.1, -0.05) is 18.2 Å². The lowest BCUT2D eigenvalue weighted by Gasteiger charge is -2.20. The van der Waals surface area contributed by atoms with Crippen LogP contribution in [0.5, 0.6) is 5.75 Å². The molecule has 2 N–H and O–H groups in total. The van der Waals surface area contributed by atoms with Crippen LogP contribution in [-0.4, -0.2) is 55.0 Å². The van der Waals surface area contributed by atoms with Gasteiger partial charge in [0, 0.05) is 25.8 Å². The molecule has 0 spiro atoms. The topological polar surface area (TPSA) is 83.6 Å². The molecule has 0 aliphatic heterocycles. The van der Waals surface area contributed by atoms with E-state index in [0.29, 0.717) is 24.3 Å². The van der Waals surface area contributed by atoms with Crippen molar-refractivity contribution in [2.45, 2.75) is 32.9 Å². The van der Waals surface area contributed by atoms with Gasteiger partial charge in [-0.05, 0) is 56.0 Å². The first kappa shape index (κ1) is 24.5. The summed E-state index contributed by atoms with van der Waals surface area (Å²) in [6.07, 6.45) is 4.28. The second-order valence-electron chi connectivity index (χ2n) is 6.92. The van der Waals surface area contributed by atoms with Gasteiger partial charge in [0.05, 0.1) is 12.7 Å². The molecule has 2 amide bonds. The number of carbonyl (C=O) groups is 2. The fraction of sp³-hybridized carbons (Fsp3) is 0.435. The number of nitrogens with zero attached hydrogens (tertiary/aromatic N) is 2. The number of pyridine rings is 1. The summed E-state index contributed by atoms with van der Waals surface area (Å²) in [4.78, 5) is 32.2. The van der Waals surface area contributed by atoms with E-state index in [1.807, 2.05) is 18.4 Å². The first-order valence-electron chi connectivity index (χ1n) is 10.4. The van der Waals surface area contributed by atoms with Gasteiger partial charge in [0.2, 0.25) is 5.91 Å². The molecule has 7 nitrogen and oxygen atoms in total. The zero-order valence-electron chi connectivity index (χ0n) is 18.7. The Hall–Kier alpha value is -2.74. The highest BCUT2D eigenvalue weighted by Crippen LogP contribution is 2.17. The van der Waals surface area contributed by atoms with Gasteiger partial charge < -0.3 is 20.3 Å². The third-order valence-corrected chi connectivity index (χ3v) is 5.59. The highest BCUT2D eigenvalue weighted by atomic mass is 32.2. The number of aromatic nitrogens is 1. The van der Waals surface area contributed by atoms with E-state index < -0.39 is 6.04 Å². The van der Waals surface area contributed by atoms with Gasteiger partial charge in [0.15, 0.2) is 0 Å². The summed E-state index contributed by atoms with van der Waals surface area (Å²) in [5.41, 5.74) is 1.31. The standard InChI is InChI=1S/C23H32N4O3S/c1-5-27(6-2)21-12-11-17(15-24-21)16-25-23(29)19(13-14-31-4)26-22(28)18-9-7-8-10-20(18)30-3/h7-12,15,19H,5-6,13-14,16H2,1-4H3,(H,25,29)(H,26,28). The van der Waals surface area contributed by atoms with Crippen LogP contribution in [0.4, 0.5) is 5.82 Å². The van der Waals surface area contributed by atoms with Crippen LogP contribution in [0, 0.1) is 0 Å². The van der Waals surface area contributed by atoms with E-state index in [0.717, 1.165) is 30.2 Å². The van der Waals surface area contributed by atoms with E-state index in [2.05, 4.69) is 34.4 Å².